The molecule has 1 fully saturated rings. The number of hydrogen-bond donors (Lipinski definition) is 1. The summed E-state index contributed by atoms with van der Waals surface area (Å²) in [5.74, 6) is 1.03. The van der Waals surface area contributed by atoms with Crippen molar-refractivity contribution in [3.05, 3.63) is 29.8 Å². The van der Waals surface area contributed by atoms with Gasteiger partial charge < -0.3 is 10.2 Å². The van der Waals surface area contributed by atoms with Gasteiger partial charge in [0, 0.05) is 11.7 Å². The van der Waals surface area contributed by atoms with Crippen LogP contribution in [0.4, 0.5) is 5.69 Å². The fourth-order valence-corrected chi connectivity index (χ4v) is 2.86. The highest BCUT2D eigenvalue weighted by atomic mass is 16.2. The van der Waals surface area contributed by atoms with Crippen LogP contribution in [0.25, 0.3) is 0 Å². The summed E-state index contributed by atoms with van der Waals surface area (Å²) in [7, 11) is 0. The molecule has 19 heavy (non-hydrogen) atoms. The van der Waals surface area contributed by atoms with E-state index < -0.39 is 0 Å². The van der Waals surface area contributed by atoms with Crippen molar-refractivity contribution in [2.24, 2.45) is 5.92 Å². The van der Waals surface area contributed by atoms with E-state index >= 15 is 0 Å². The zero-order chi connectivity index (χ0) is 13.2. The van der Waals surface area contributed by atoms with Crippen LogP contribution >= 0.6 is 0 Å². The van der Waals surface area contributed by atoms with Crippen molar-refractivity contribution in [2.45, 2.75) is 38.6 Å². The van der Waals surface area contributed by atoms with Gasteiger partial charge in [-0.05, 0) is 56.7 Å². The molecule has 0 saturated heterocycles. The van der Waals surface area contributed by atoms with Crippen LogP contribution in [0, 0.1) is 5.92 Å². The lowest BCUT2D eigenvalue weighted by molar-refractivity contribution is -0.118. The summed E-state index contributed by atoms with van der Waals surface area (Å²) in [4.78, 5) is 14.4. The summed E-state index contributed by atoms with van der Waals surface area (Å²) < 4.78 is 0. The number of carbonyl (C=O) groups excluding carboxylic acids is 1. The molecule has 1 atom stereocenters. The molecule has 3 rings (SSSR count). The SMILES string of the molecule is CC1CCc2ccccc2N1C(=O)CNCC1CC1. The molecule has 0 bridgehead atoms. The molecule has 3 heteroatoms. The number of fused-ring (bicyclic) bond motifs is 1. The van der Waals surface area contributed by atoms with E-state index in [-0.39, 0.29) is 5.91 Å². The number of anilines is 1. The van der Waals surface area contributed by atoms with Gasteiger partial charge in [0.2, 0.25) is 5.91 Å². The second-order valence-corrected chi connectivity index (χ2v) is 5.85. The second kappa shape index (κ2) is 5.33. The normalized spacial score (nSPS) is 22.2. The van der Waals surface area contributed by atoms with Gasteiger partial charge in [-0.3, -0.25) is 4.79 Å². The number of hydrogen-bond acceptors (Lipinski definition) is 2. The number of amides is 1. The van der Waals surface area contributed by atoms with Crippen molar-refractivity contribution >= 4 is 11.6 Å². The fourth-order valence-electron chi connectivity index (χ4n) is 2.86. The molecule has 0 aromatic heterocycles. The first-order valence-corrected chi connectivity index (χ1v) is 7.36. The van der Waals surface area contributed by atoms with E-state index in [1.54, 1.807) is 0 Å². The Bertz CT molecular complexity index is 468. The molecule has 102 valence electrons. The van der Waals surface area contributed by atoms with E-state index in [1.807, 2.05) is 11.0 Å². The Kier molecular flexibility index (Phi) is 3.56. The van der Waals surface area contributed by atoms with E-state index in [0.717, 1.165) is 31.0 Å². The maximum absolute atomic E-state index is 12.4. The van der Waals surface area contributed by atoms with E-state index in [1.165, 1.54) is 18.4 Å². The van der Waals surface area contributed by atoms with Gasteiger partial charge >= 0.3 is 0 Å². The van der Waals surface area contributed by atoms with Crippen molar-refractivity contribution in [2.75, 3.05) is 18.0 Å². The molecule has 1 unspecified atom stereocenters. The van der Waals surface area contributed by atoms with Gasteiger partial charge in [0.15, 0.2) is 0 Å². The fraction of sp³-hybridized carbons (Fsp3) is 0.562. The molecular weight excluding hydrogens is 236 g/mol. The third kappa shape index (κ3) is 2.81. The van der Waals surface area contributed by atoms with Crippen LogP contribution in [0.3, 0.4) is 0 Å². The van der Waals surface area contributed by atoms with Gasteiger partial charge in [0.25, 0.3) is 0 Å². The Morgan fingerprint density at radius 3 is 2.89 bits per heavy atom. The van der Waals surface area contributed by atoms with Gasteiger partial charge in [-0.1, -0.05) is 18.2 Å². The molecular formula is C16H22N2O. The first kappa shape index (κ1) is 12.7. The first-order chi connectivity index (χ1) is 9.25. The van der Waals surface area contributed by atoms with Crippen LogP contribution in [0.1, 0.15) is 31.7 Å². The molecule has 0 spiro atoms. The van der Waals surface area contributed by atoms with Crippen molar-refractivity contribution in [3.63, 3.8) is 0 Å². The molecule has 1 aromatic rings. The van der Waals surface area contributed by atoms with Crippen molar-refractivity contribution in [3.8, 4) is 0 Å². The molecule has 0 radical (unpaired) electrons. The molecule has 1 aromatic carbocycles. The Labute approximate surface area is 115 Å². The third-order valence-electron chi connectivity index (χ3n) is 4.20. The molecule has 2 aliphatic rings. The summed E-state index contributed by atoms with van der Waals surface area (Å²) in [6, 6.07) is 8.60. The van der Waals surface area contributed by atoms with Crippen LogP contribution in [0.15, 0.2) is 24.3 Å². The quantitative estimate of drug-likeness (QED) is 0.899. The zero-order valence-electron chi connectivity index (χ0n) is 11.6. The van der Waals surface area contributed by atoms with Crippen LogP contribution in [-0.2, 0) is 11.2 Å². The van der Waals surface area contributed by atoms with Gasteiger partial charge in [0.1, 0.15) is 0 Å². The largest absolute Gasteiger partial charge is 0.308 e. The average molecular weight is 258 g/mol. The van der Waals surface area contributed by atoms with Gasteiger partial charge in [0.05, 0.1) is 6.54 Å². The molecule has 1 saturated carbocycles. The van der Waals surface area contributed by atoms with Crippen molar-refractivity contribution in [1.82, 2.24) is 5.32 Å². The number of nitrogens with zero attached hydrogens (tertiary/aromatic N) is 1. The lowest BCUT2D eigenvalue weighted by Crippen LogP contribution is -2.46. The first-order valence-electron chi connectivity index (χ1n) is 7.36. The predicted octanol–water partition coefficient (Wildman–Crippen LogP) is 2.35. The summed E-state index contributed by atoms with van der Waals surface area (Å²) in [5.41, 5.74) is 2.41. The summed E-state index contributed by atoms with van der Waals surface area (Å²) >= 11 is 0. The summed E-state index contributed by atoms with van der Waals surface area (Å²) in [6.07, 6.45) is 4.79. The Balaban J connectivity index is 1.68. The zero-order valence-corrected chi connectivity index (χ0v) is 11.6. The molecule has 3 nitrogen and oxygen atoms in total. The van der Waals surface area contributed by atoms with Crippen LogP contribution in [-0.4, -0.2) is 25.0 Å². The Morgan fingerprint density at radius 1 is 1.32 bits per heavy atom. The Morgan fingerprint density at radius 2 is 2.11 bits per heavy atom. The summed E-state index contributed by atoms with van der Waals surface area (Å²) in [6.45, 7) is 3.61. The van der Waals surface area contributed by atoms with Crippen LogP contribution in [0.5, 0.6) is 0 Å². The topological polar surface area (TPSA) is 32.3 Å². The lowest BCUT2D eigenvalue weighted by Gasteiger charge is -2.35. The number of benzene rings is 1. The van der Waals surface area contributed by atoms with Gasteiger partial charge in [-0.2, -0.15) is 0 Å². The number of carbonyl (C=O) groups is 1. The number of para-hydroxylation sites is 1. The monoisotopic (exact) mass is 258 g/mol. The third-order valence-corrected chi connectivity index (χ3v) is 4.20. The van der Waals surface area contributed by atoms with Crippen molar-refractivity contribution in [1.29, 1.82) is 0 Å². The highest BCUT2D eigenvalue weighted by Gasteiger charge is 2.28. The molecule has 1 aliphatic carbocycles. The summed E-state index contributed by atoms with van der Waals surface area (Å²) in [5, 5.41) is 3.30. The van der Waals surface area contributed by atoms with Crippen LogP contribution in [0.2, 0.25) is 0 Å². The van der Waals surface area contributed by atoms with E-state index in [9.17, 15) is 4.79 Å². The van der Waals surface area contributed by atoms with Gasteiger partial charge in [-0.15, -0.1) is 0 Å². The molecule has 1 aliphatic heterocycles. The maximum atomic E-state index is 12.4. The number of aryl methyl sites for hydroxylation is 1. The van der Waals surface area contributed by atoms with E-state index in [4.69, 9.17) is 0 Å². The maximum Gasteiger partial charge on any atom is 0.241 e. The van der Waals surface area contributed by atoms with Crippen LogP contribution < -0.4 is 10.2 Å². The minimum Gasteiger partial charge on any atom is -0.308 e. The minimum absolute atomic E-state index is 0.209. The number of nitrogens with one attached hydrogen (secondary N) is 1. The smallest absolute Gasteiger partial charge is 0.241 e. The van der Waals surface area contributed by atoms with Crippen molar-refractivity contribution < 1.29 is 4.79 Å². The second-order valence-electron chi connectivity index (χ2n) is 5.85. The Hall–Kier alpha value is -1.35. The van der Waals surface area contributed by atoms with Gasteiger partial charge in [-0.25, -0.2) is 0 Å². The van der Waals surface area contributed by atoms with E-state index in [2.05, 4.69) is 30.4 Å². The molecule has 1 N–H and O–H groups in total. The minimum atomic E-state index is 0.209. The highest BCUT2D eigenvalue weighted by molar-refractivity contribution is 5.96. The highest BCUT2D eigenvalue weighted by Crippen LogP contribution is 2.30. The average Bonchev–Trinajstić information content (AvgIpc) is 3.22. The molecule has 1 amide bonds. The van der Waals surface area contributed by atoms with E-state index in [0.29, 0.717) is 12.6 Å². The predicted molar refractivity (Wildman–Crippen MR) is 77.3 cm³/mol. The lowest BCUT2D eigenvalue weighted by atomic mass is 9.96. The number of rotatable bonds is 4. The standard InChI is InChI=1S/C16H22N2O/c1-12-6-9-14-4-2-3-5-15(14)18(12)16(19)11-17-10-13-7-8-13/h2-5,12-13,17H,6-11H2,1H3. The molecule has 1 heterocycles.